The number of fused-ring (bicyclic) bond motifs is 1. The summed E-state index contributed by atoms with van der Waals surface area (Å²) in [6.45, 7) is 0. The molecule has 0 aliphatic heterocycles. The van der Waals surface area contributed by atoms with E-state index in [-0.39, 0.29) is 11.5 Å². The highest BCUT2D eigenvalue weighted by Crippen LogP contribution is 2.14. The minimum atomic E-state index is -1.04. The van der Waals surface area contributed by atoms with Gasteiger partial charge in [-0.05, 0) is 24.3 Å². The van der Waals surface area contributed by atoms with Gasteiger partial charge in [-0.25, -0.2) is 9.78 Å². The van der Waals surface area contributed by atoms with E-state index >= 15 is 0 Å². The van der Waals surface area contributed by atoms with Crippen LogP contribution in [0.5, 0.6) is 0 Å². The largest absolute Gasteiger partial charge is 0.478 e. The van der Waals surface area contributed by atoms with Crippen LogP contribution in [0.1, 0.15) is 16.1 Å². The third-order valence-electron chi connectivity index (χ3n) is 2.96. The first-order valence-corrected chi connectivity index (χ1v) is 7.24. The maximum Gasteiger partial charge on any atom is 0.335 e. The van der Waals surface area contributed by atoms with Crippen molar-refractivity contribution in [3.63, 3.8) is 0 Å². The van der Waals surface area contributed by atoms with Gasteiger partial charge in [0.15, 0.2) is 4.96 Å². The molecule has 6 nitrogen and oxygen atoms in total. The Morgan fingerprint density at radius 1 is 1.36 bits per heavy atom. The van der Waals surface area contributed by atoms with Crippen molar-refractivity contribution in [3.05, 3.63) is 59.4 Å². The van der Waals surface area contributed by atoms with E-state index in [9.17, 15) is 9.59 Å². The number of anilines is 1. The molecule has 0 aliphatic rings. The molecule has 2 heterocycles. The van der Waals surface area contributed by atoms with E-state index in [0.29, 0.717) is 5.69 Å². The van der Waals surface area contributed by atoms with Crippen LogP contribution in [0.25, 0.3) is 11.0 Å². The molecule has 0 spiro atoms. The van der Waals surface area contributed by atoms with Crippen LogP contribution in [0.4, 0.5) is 5.69 Å². The Bertz CT molecular complexity index is 879. The second kappa shape index (κ2) is 5.82. The quantitative estimate of drug-likeness (QED) is 0.725. The molecule has 0 saturated carbocycles. The van der Waals surface area contributed by atoms with E-state index in [2.05, 4.69) is 10.3 Å². The molecule has 0 aliphatic carbocycles. The maximum absolute atomic E-state index is 11.9. The Morgan fingerprint density at radius 2 is 2.23 bits per heavy atom. The number of hydrogen-bond acceptors (Lipinski definition) is 4. The third-order valence-corrected chi connectivity index (χ3v) is 3.73. The SMILES string of the molecule is O=C(/C=C/c1cnc2sccn12)Nc1cccc(C(=O)O)c1. The first kappa shape index (κ1) is 14.0. The zero-order valence-electron chi connectivity index (χ0n) is 11.3. The van der Waals surface area contributed by atoms with Crippen LogP contribution in [0.3, 0.4) is 0 Å². The van der Waals surface area contributed by atoms with Crippen molar-refractivity contribution in [2.45, 2.75) is 0 Å². The van der Waals surface area contributed by atoms with Crippen LogP contribution >= 0.6 is 11.3 Å². The number of amides is 1. The molecule has 1 aromatic carbocycles. The second-order valence-electron chi connectivity index (χ2n) is 4.45. The lowest BCUT2D eigenvalue weighted by Crippen LogP contribution is -2.08. The Labute approximate surface area is 129 Å². The fourth-order valence-electron chi connectivity index (χ4n) is 1.94. The molecule has 0 fully saturated rings. The molecule has 0 atom stereocenters. The Kier molecular flexibility index (Phi) is 3.71. The summed E-state index contributed by atoms with van der Waals surface area (Å²) in [5.41, 5.74) is 1.35. The number of imidazole rings is 1. The summed E-state index contributed by atoms with van der Waals surface area (Å²) in [5.74, 6) is -1.38. The highest BCUT2D eigenvalue weighted by atomic mass is 32.1. The lowest BCUT2D eigenvalue weighted by Gasteiger charge is -2.03. The number of hydrogen-bond donors (Lipinski definition) is 2. The van der Waals surface area contributed by atoms with E-state index in [0.717, 1.165) is 10.7 Å². The molecule has 3 rings (SSSR count). The van der Waals surface area contributed by atoms with Crippen LogP contribution in [0, 0.1) is 0 Å². The van der Waals surface area contributed by atoms with Crippen molar-refractivity contribution < 1.29 is 14.7 Å². The lowest BCUT2D eigenvalue weighted by atomic mass is 10.2. The van der Waals surface area contributed by atoms with Gasteiger partial charge in [0.1, 0.15) is 0 Å². The third kappa shape index (κ3) is 2.89. The minimum Gasteiger partial charge on any atom is -0.478 e. The molecular weight excluding hydrogens is 302 g/mol. The van der Waals surface area contributed by atoms with Gasteiger partial charge in [-0.2, -0.15) is 0 Å². The highest BCUT2D eigenvalue weighted by Gasteiger charge is 2.05. The van der Waals surface area contributed by atoms with E-state index < -0.39 is 5.97 Å². The molecule has 0 bridgehead atoms. The topological polar surface area (TPSA) is 83.7 Å². The van der Waals surface area contributed by atoms with Crippen molar-refractivity contribution in [1.29, 1.82) is 0 Å². The van der Waals surface area contributed by atoms with Gasteiger partial charge < -0.3 is 10.4 Å². The van der Waals surface area contributed by atoms with Crippen molar-refractivity contribution in [2.24, 2.45) is 0 Å². The summed E-state index contributed by atoms with van der Waals surface area (Å²) in [5, 5.41) is 13.5. The monoisotopic (exact) mass is 313 g/mol. The molecule has 0 radical (unpaired) electrons. The second-order valence-corrected chi connectivity index (χ2v) is 5.32. The molecular formula is C15H11N3O3S. The number of carbonyl (C=O) groups is 2. The number of carboxylic acids is 1. The summed E-state index contributed by atoms with van der Waals surface area (Å²) >= 11 is 1.51. The Hall–Kier alpha value is -2.93. The van der Waals surface area contributed by atoms with Gasteiger partial charge in [0.05, 0.1) is 17.5 Å². The summed E-state index contributed by atoms with van der Waals surface area (Å²) in [6.07, 6.45) is 6.60. The van der Waals surface area contributed by atoms with Gasteiger partial charge in [-0.15, -0.1) is 11.3 Å². The van der Waals surface area contributed by atoms with Crippen molar-refractivity contribution in [2.75, 3.05) is 5.32 Å². The van der Waals surface area contributed by atoms with E-state index in [1.54, 1.807) is 24.4 Å². The van der Waals surface area contributed by atoms with Gasteiger partial charge in [0, 0.05) is 23.3 Å². The number of rotatable bonds is 4. The summed E-state index contributed by atoms with van der Waals surface area (Å²) < 4.78 is 1.87. The number of nitrogens with one attached hydrogen (secondary N) is 1. The molecule has 3 aromatic rings. The van der Waals surface area contributed by atoms with Crippen LogP contribution in [0.15, 0.2) is 48.1 Å². The predicted octanol–water partition coefficient (Wildman–Crippen LogP) is 2.75. The number of carbonyl (C=O) groups excluding carboxylic acids is 1. The van der Waals surface area contributed by atoms with Crippen molar-refractivity contribution in [1.82, 2.24) is 9.38 Å². The van der Waals surface area contributed by atoms with Gasteiger partial charge in [0.25, 0.3) is 0 Å². The molecule has 1 amide bonds. The number of benzene rings is 1. The van der Waals surface area contributed by atoms with Gasteiger partial charge >= 0.3 is 5.97 Å². The number of aromatic carboxylic acids is 1. The zero-order valence-corrected chi connectivity index (χ0v) is 12.1. The molecule has 2 N–H and O–H groups in total. The molecule has 0 unspecified atom stereocenters. The maximum atomic E-state index is 11.9. The number of carboxylic acid groups (broad SMARTS) is 1. The van der Waals surface area contributed by atoms with Crippen molar-refractivity contribution >= 4 is 39.9 Å². The highest BCUT2D eigenvalue weighted by molar-refractivity contribution is 7.15. The minimum absolute atomic E-state index is 0.123. The van der Waals surface area contributed by atoms with Gasteiger partial charge in [0.2, 0.25) is 5.91 Å². The summed E-state index contributed by atoms with van der Waals surface area (Å²) in [6, 6.07) is 6.08. The van der Waals surface area contributed by atoms with E-state index in [1.165, 1.54) is 29.5 Å². The molecule has 2 aromatic heterocycles. The first-order valence-electron chi connectivity index (χ1n) is 6.36. The average molecular weight is 313 g/mol. The van der Waals surface area contributed by atoms with Crippen LogP contribution < -0.4 is 5.32 Å². The van der Waals surface area contributed by atoms with Gasteiger partial charge in [-0.1, -0.05) is 6.07 Å². The molecule has 22 heavy (non-hydrogen) atoms. The van der Waals surface area contributed by atoms with E-state index in [1.807, 2.05) is 16.0 Å². The molecule has 110 valence electrons. The normalized spacial score (nSPS) is 11.1. The Balaban J connectivity index is 1.72. The predicted molar refractivity (Wildman–Crippen MR) is 84.1 cm³/mol. The van der Waals surface area contributed by atoms with Crippen LogP contribution in [-0.2, 0) is 4.79 Å². The summed E-state index contributed by atoms with van der Waals surface area (Å²) in [4.78, 5) is 27.8. The van der Waals surface area contributed by atoms with E-state index in [4.69, 9.17) is 5.11 Å². The fraction of sp³-hybridized carbons (Fsp3) is 0. The number of aromatic nitrogens is 2. The van der Waals surface area contributed by atoms with Crippen LogP contribution in [0.2, 0.25) is 0 Å². The smallest absolute Gasteiger partial charge is 0.335 e. The fourth-order valence-corrected chi connectivity index (χ4v) is 2.64. The van der Waals surface area contributed by atoms with Crippen molar-refractivity contribution in [3.8, 4) is 0 Å². The molecule has 7 heteroatoms. The standard InChI is InChI=1S/C15H11N3O3S/c19-13(17-11-3-1-2-10(8-11)14(20)21)5-4-12-9-16-15-18(12)6-7-22-15/h1-9H,(H,17,19)(H,20,21)/b5-4+. The van der Waals surface area contributed by atoms with Crippen LogP contribution in [-0.4, -0.2) is 26.4 Å². The average Bonchev–Trinajstić information content (AvgIpc) is 3.09. The zero-order chi connectivity index (χ0) is 15.5. The molecule has 0 saturated heterocycles. The Morgan fingerprint density at radius 3 is 3.05 bits per heavy atom. The van der Waals surface area contributed by atoms with Gasteiger partial charge in [-0.3, -0.25) is 9.20 Å². The first-order chi connectivity index (χ1) is 10.6. The summed E-state index contributed by atoms with van der Waals surface area (Å²) in [7, 11) is 0. The number of nitrogens with zero attached hydrogens (tertiary/aromatic N) is 2. The number of thiazole rings is 1. The lowest BCUT2D eigenvalue weighted by molar-refractivity contribution is -0.111.